The lowest BCUT2D eigenvalue weighted by Crippen LogP contribution is -2.16. The van der Waals surface area contributed by atoms with Crippen LogP contribution in [0.5, 0.6) is 5.75 Å². The standard InChI is InChI=1S/C13H17F3OS.C2H6/c1-3-4-5-10(2)18-12-8-6-11(7-9-12)17-13(14,15)16;1-2/h6-10H,3-5H2,1-2H3;1-2H3. The molecule has 0 aliphatic rings. The molecule has 0 saturated carbocycles. The number of halogens is 3. The minimum atomic E-state index is -4.62. The largest absolute Gasteiger partial charge is 0.573 e. The fourth-order valence-corrected chi connectivity index (χ4v) is 2.55. The number of ether oxygens (including phenoxy) is 1. The summed E-state index contributed by atoms with van der Waals surface area (Å²) in [4.78, 5) is 0.966. The van der Waals surface area contributed by atoms with Crippen molar-refractivity contribution >= 4 is 11.8 Å². The van der Waals surface area contributed by atoms with E-state index in [9.17, 15) is 13.2 Å². The van der Waals surface area contributed by atoms with Crippen LogP contribution < -0.4 is 4.74 Å². The van der Waals surface area contributed by atoms with Gasteiger partial charge in [-0.25, -0.2) is 0 Å². The summed E-state index contributed by atoms with van der Waals surface area (Å²) in [7, 11) is 0. The molecule has 0 heterocycles. The maximum Gasteiger partial charge on any atom is 0.573 e. The molecule has 1 rings (SSSR count). The van der Waals surface area contributed by atoms with Gasteiger partial charge in [-0.05, 0) is 30.7 Å². The topological polar surface area (TPSA) is 9.23 Å². The van der Waals surface area contributed by atoms with Gasteiger partial charge in [0.1, 0.15) is 5.75 Å². The molecule has 1 nitrogen and oxygen atoms in total. The summed E-state index contributed by atoms with van der Waals surface area (Å²) in [6.45, 7) is 8.26. The van der Waals surface area contributed by atoms with E-state index < -0.39 is 6.36 Å². The van der Waals surface area contributed by atoms with Crippen LogP contribution in [0, 0.1) is 0 Å². The van der Waals surface area contributed by atoms with Gasteiger partial charge in [0, 0.05) is 10.1 Å². The van der Waals surface area contributed by atoms with E-state index in [4.69, 9.17) is 0 Å². The molecule has 0 aliphatic heterocycles. The fraction of sp³-hybridized carbons (Fsp3) is 0.600. The van der Waals surface area contributed by atoms with E-state index in [0.29, 0.717) is 5.25 Å². The highest BCUT2D eigenvalue weighted by molar-refractivity contribution is 7.99. The van der Waals surface area contributed by atoms with Gasteiger partial charge < -0.3 is 4.74 Å². The smallest absolute Gasteiger partial charge is 0.406 e. The molecule has 0 bridgehead atoms. The molecule has 1 aromatic rings. The van der Waals surface area contributed by atoms with E-state index >= 15 is 0 Å². The molecular weight excluding hydrogens is 285 g/mol. The third-order valence-electron chi connectivity index (χ3n) is 2.36. The molecular formula is C15H23F3OS. The van der Waals surface area contributed by atoms with Crippen molar-refractivity contribution in [3.63, 3.8) is 0 Å². The fourth-order valence-electron chi connectivity index (χ4n) is 1.50. The second kappa shape index (κ2) is 9.97. The molecule has 1 aromatic carbocycles. The van der Waals surface area contributed by atoms with Crippen molar-refractivity contribution in [2.24, 2.45) is 0 Å². The Labute approximate surface area is 123 Å². The number of alkyl halides is 3. The first-order chi connectivity index (χ1) is 9.40. The van der Waals surface area contributed by atoms with Gasteiger partial charge in [0.05, 0.1) is 0 Å². The maximum absolute atomic E-state index is 12.0. The molecule has 1 atom stereocenters. The second-order valence-corrected chi connectivity index (χ2v) is 5.60. The minimum Gasteiger partial charge on any atom is -0.406 e. The van der Waals surface area contributed by atoms with E-state index in [0.717, 1.165) is 17.7 Å². The van der Waals surface area contributed by atoms with Gasteiger partial charge in [-0.2, -0.15) is 0 Å². The number of hydrogen-bond acceptors (Lipinski definition) is 2. The molecule has 0 fully saturated rings. The quantitative estimate of drug-likeness (QED) is 0.572. The first kappa shape index (κ1) is 19.2. The molecule has 0 N–H and O–H groups in total. The number of unbranched alkanes of at least 4 members (excludes halogenated alkanes) is 1. The number of thioether (sulfide) groups is 1. The average molecular weight is 308 g/mol. The summed E-state index contributed by atoms with van der Waals surface area (Å²) in [5.41, 5.74) is 0. The van der Waals surface area contributed by atoms with Gasteiger partial charge in [0.15, 0.2) is 0 Å². The summed E-state index contributed by atoms with van der Waals surface area (Å²) in [6.07, 6.45) is -1.18. The number of hydrogen-bond donors (Lipinski definition) is 0. The van der Waals surface area contributed by atoms with Gasteiger partial charge in [-0.15, -0.1) is 24.9 Å². The monoisotopic (exact) mass is 308 g/mol. The van der Waals surface area contributed by atoms with Crippen molar-refractivity contribution in [1.29, 1.82) is 0 Å². The van der Waals surface area contributed by atoms with Crippen molar-refractivity contribution in [2.45, 2.75) is 63.5 Å². The predicted molar refractivity (Wildman–Crippen MR) is 79.3 cm³/mol. The molecule has 0 spiro atoms. The Balaban J connectivity index is 0.00000172. The zero-order valence-electron chi connectivity index (χ0n) is 12.5. The van der Waals surface area contributed by atoms with Gasteiger partial charge in [-0.3, -0.25) is 0 Å². The molecule has 0 radical (unpaired) electrons. The highest BCUT2D eigenvalue weighted by Crippen LogP contribution is 2.29. The second-order valence-electron chi connectivity index (χ2n) is 4.09. The van der Waals surface area contributed by atoms with Gasteiger partial charge >= 0.3 is 6.36 Å². The Hall–Kier alpha value is -0.840. The van der Waals surface area contributed by atoms with Crippen LogP contribution in [-0.4, -0.2) is 11.6 Å². The zero-order chi connectivity index (χ0) is 15.6. The van der Waals surface area contributed by atoms with Crippen molar-refractivity contribution in [2.75, 3.05) is 0 Å². The first-order valence-corrected chi connectivity index (χ1v) is 7.81. The van der Waals surface area contributed by atoms with Crippen LogP contribution in [0.25, 0.3) is 0 Å². The molecule has 1 unspecified atom stereocenters. The number of benzene rings is 1. The maximum atomic E-state index is 12.0. The Morgan fingerprint density at radius 3 is 2.15 bits per heavy atom. The molecule has 0 amide bonds. The lowest BCUT2D eigenvalue weighted by molar-refractivity contribution is -0.274. The lowest BCUT2D eigenvalue weighted by Gasteiger charge is -2.12. The van der Waals surface area contributed by atoms with Crippen LogP contribution in [0.1, 0.15) is 47.0 Å². The van der Waals surface area contributed by atoms with Crippen molar-refractivity contribution in [3.8, 4) is 5.75 Å². The van der Waals surface area contributed by atoms with Crippen molar-refractivity contribution in [3.05, 3.63) is 24.3 Å². The number of rotatable bonds is 6. The normalized spacial score (nSPS) is 12.3. The van der Waals surface area contributed by atoms with Crippen LogP contribution in [0.15, 0.2) is 29.2 Å². The third kappa shape index (κ3) is 9.13. The molecule has 0 saturated heterocycles. The van der Waals surface area contributed by atoms with E-state index in [1.54, 1.807) is 23.9 Å². The van der Waals surface area contributed by atoms with Crippen LogP contribution in [0.4, 0.5) is 13.2 Å². The predicted octanol–water partition coefficient (Wildman–Crippen LogP) is 6.28. The summed E-state index contributed by atoms with van der Waals surface area (Å²) in [5, 5.41) is 0.472. The average Bonchev–Trinajstić information content (AvgIpc) is 2.39. The van der Waals surface area contributed by atoms with Crippen LogP contribution >= 0.6 is 11.8 Å². The summed E-state index contributed by atoms with van der Waals surface area (Å²) < 4.78 is 39.7. The van der Waals surface area contributed by atoms with E-state index in [1.807, 2.05) is 13.8 Å². The van der Waals surface area contributed by atoms with Crippen molar-refractivity contribution in [1.82, 2.24) is 0 Å². The van der Waals surface area contributed by atoms with Gasteiger partial charge in [0.2, 0.25) is 0 Å². The Bertz CT molecular complexity index is 349. The lowest BCUT2D eigenvalue weighted by atomic mass is 10.2. The minimum absolute atomic E-state index is 0.173. The summed E-state index contributed by atoms with van der Waals surface area (Å²) in [6, 6.07) is 6.02. The molecule has 0 aliphatic carbocycles. The van der Waals surface area contributed by atoms with Crippen LogP contribution in [0.2, 0.25) is 0 Å². The Morgan fingerprint density at radius 2 is 1.70 bits per heavy atom. The summed E-state index contributed by atoms with van der Waals surface area (Å²) >= 11 is 1.67. The van der Waals surface area contributed by atoms with E-state index in [1.165, 1.54) is 18.6 Å². The van der Waals surface area contributed by atoms with E-state index in [2.05, 4.69) is 18.6 Å². The van der Waals surface area contributed by atoms with Gasteiger partial charge in [-0.1, -0.05) is 40.5 Å². The highest BCUT2D eigenvalue weighted by atomic mass is 32.2. The molecule has 116 valence electrons. The Morgan fingerprint density at radius 1 is 1.15 bits per heavy atom. The van der Waals surface area contributed by atoms with Crippen LogP contribution in [0.3, 0.4) is 0 Å². The molecule has 0 aromatic heterocycles. The first-order valence-electron chi connectivity index (χ1n) is 6.93. The molecule has 5 heteroatoms. The zero-order valence-corrected chi connectivity index (χ0v) is 13.3. The third-order valence-corrected chi connectivity index (χ3v) is 3.54. The van der Waals surface area contributed by atoms with Gasteiger partial charge in [0.25, 0.3) is 0 Å². The summed E-state index contributed by atoms with van der Waals surface area (Å²) in [5.74, 6) is -0.173. The molecule has 20 heavy (non-hydrogen) atoms. The Kier molecular flexibility index (Phi) is 9.55. The van der Waals surface area contributed by atoms with Crippen LogP contribution in [-0.2, 0) is 0 Å². The van der Waals surface area contributed by atoms with Crippen molar-refractivity contribution < 1.29 is 17.9 Å². The highest BCUT2D eigenvalue weighted by Gasteiger charge is 2.30. The SMILES string of the molecule is CC.CCCCC(C)Sc1ccc(OC(F)(F)F)cc1. The van der Waals surface area contributed by atoms with E-state index in [-0.39, 0.29) is 5.75 Å².